The molecule has 0 aromatic carbocycles. The van der Waals surface area contributed by atoms with Crippen LogP contribution in [0, 0.1) is 0 Å². The van der Waals surface area contributed by atoms with Gasteiger partial charge >= 0.3 is 0 Å². The highest BCUT2D eigenvalue weighted by Crippen LogP contribution is 2.15. The minimum Gasteiger partial charge on any atom is -0.502 e. The first-order valence-electron chi connectivity index (χ1n) is 7.05. The zero-order valence-electron chi connectivity index (χ0n) is 11.3. The molecule has 1 heterocycles. The minimum atomic E-state index is -0.351. The number of aromatic hydroxyl groups is 1. The minimum absolute atomic E-state index is 0.222. The molecule has 3 nitrogen and oxygen atoms in total. The Balaban J connectivity index is 2.11. The normalized spacial score (nSPS) is 10.7. The van der Waals surface area contributed by atoms with Crippen LogP contribution in [-0.4, -0.2) is 5.11 Å². The fourth-order valence-electron chi connectivity index (χ4n) is 2.05. The van der Waals surface area contributed by atoms with Gasteiger partial charge in [-0.1, -0.05) is 51.9 Å². The van der Waals surface area contributed by atoms with Crippen molar-refractivity contribution in [1.82, 2.24) is 0 Å². The van der Waals surface area contributed by atoms with E-state index >= 15 is 0 Å². The molecule has 1 rings (SSSR count). The monoisotopic (exact) mass is 252 g/mol. The highest BCUT2D eigenvalue weighted by molar-refractivity contribution is 5.22. The number of hydrogen-bond donors (Lipinski definition) is 1. The lowest BCUT2D eigenvalue weighted by atomic mass is 10.1. The van der Waals surface area contributed by atoms with E-state index in [2.05, 4.69) is 6.92 Å². The van der Waals surface area contributed by atoms with E-state index in [9.17, 15) is 9.90 Å². The van der Waals surface area contributed by atoms with Gasteiger partial charge in [-0.25, -0.2) is 0 Å². The van der Waals surface area contributed by atoms with E-state index in [0.717, 1.165) is 12.8 Å². The van der Waals surface area contributed by atoms with Gasteiger partial charge in [0.25, 0.3) is 0 Å². The summed E-state index contributed by atoms with van der Waals surface area (Å²) in [6.07, 6.45) is 11.9. The van der Waals surface area contributed by atoms with Gasteiger partial charge in [0, 0.05) is 12.5 Å². The van der Waals surface area contributed by atoms with Crippen LogP contribution in [0.15, 0.2) is 21.5 Å². The van der Waals surface area contributed by atoms with Crippen LogP contribution in [0.25, 0.3) is 0 Å². The average molecular weight is 252 g/mol. The highest BCUT2D eigenvalue weighted by atomic mass is 16.4. The predicted octanol–water partition coefficient (Wildman–Crippen LogP) is 4.03. The lowest BCUT2D eigenvalue weighted by Crippen LogP contribution is -2.00. The Kier molecular flexibility index (Phi) is 7.23. The molecule has 0 amide bonds. The second-order valence-corrected chi connectivity index (χ2v) is 4.78. The Morgan fingerprint density at radius 1 is 1.06 bits per heavy atom. The van der Waals surface area contributed by atoms with Crippen molar-refractivity contribution in [2.45, 2.75) is 64.7 Å². The summed E-state index contributed by atoms with van der Waals surface area (Å²) in [7, 11) is 0. The average Bonchev–Trinajstić information content (AvgIpc) is 2.37. The van der Waals surface area contributed by atoms with Crippen LogP contribution < -0.4 is 5.43 Å². The zero-order valence-corrected chi connectivity index (χ0v) is 11.3. The SMILES string of the molecule is CCCCCCCCCCc1occc(=O)c1O. The van der Waals surface area contributed by atoms with Gasteiger partial charge < -0.3 is 9.52 Å². The Hall–Kier alpha value is -1.25. The Morgan fingerprint density at radius 2 is 1.67 bits per heavy atom. The first kappa shape index (κ1) is 14.8. The Bertz CT molecular complexity index is 382. The van der Waals surface area contributed by atoms with E-state index in [0.29, 0.717) is 12.2 Å². The van der Waals surface area contributed by atoms with Crippen LogP contribution in [-0.2, 0) is 6.42 Å². The molecule has 1 aromatic rings. The summed E-state index contributed by atoms with van der Waals surface area (Å²) in [5.41, 5.74) is -0.351. The van der Waals surface area contributed by atoms with Crippen LogP contribution in [0.2, 0.25) is 0 Å². The van der Waals surface area contributed by atoms with Crippen molar-refractivity contribution >= 4 is 0 Å². The molecule has 1 N–H and O–H groups in total. The van der Waals surface area contributed by atoms with Crippen LogP contribution in [0.4, 0.5) is 0 Å². The topological polar surface area (TPSA) is 50.4 Å². The molecule has 1 aromatic heterocycles. The van der Waals surface area contributed by atoms with Gasteiger partial charge in [-0.15, -0.1) is 0 Å². The predicted molar refractivity (Wildman–Crippen MR) is 73.0 cm³/mol. The van der Waals surface area contributed by atoms with E-state index in [-0.39, 0.29) is 11.2 Å². The Morgan fingerprint density at radius 3 is 2.33 bits per heavy atom. The molecule has 0 aliphatic rings. The summed E-state index contributed by atoms with van der Waals surface area (Å²) in [5.74, 6) is 0.203. The largest absolute Gasteiger partial charge is 0.502 e. The number of unbranched alkanes of at least 4 members (excludes halogenated alkanes) is 7. The molecule has 0 saturated carbocycles. The summed E-state index contributed by atoms with van der Waals surface area (Å²) >= 11 is 0. The molecule has 0 aliphatic carbocycles. The second-order valence-electron chi connectivity index (χ2n) is 4.78. The molecule has 102 valence electrons. The van der Waals surface area contributed by atoms with E-state index < -0.39 is 0 Å². The third-order valence-corrected chi connectivity index (χ3v) is 3.18. The molecule has 0 unspecified atom stereocenters. The number of aryl methyl sites for hydroxylation is 1. The maximum absolute atomic E-state index is 11.2. The molecule has 0 radical (unpaired) electrons. The fourth-order valence-corrected chi connectivity index (χ4v) is 2.05. The van der Waals surface area contributed by atoms with Crippen molar-refractivity contribution in [2.24, 2.45) is 0 Å². The lowest BCUT2D eigenvalue weighted by Gasteiger charge is -2.03. The first-order chi connectivity index (χ1) is 8.75. The molecule has 0 bridgehead atoms. The zero-order chi connectivity index (χ0) is 13.2. The van der Waals surface area contributed by atoms with Gasteiger partial charge in [0.2, 0.25) is 11.2 Å². The summed E-state index contributed by atoms with van der Waals surface area (Å²) in [4.78, 5) is 11.2. The van der Waals surface area contributed by atoms with Gasteiger partial charge in [0.1, 0.15) is 5.76 Å². The van der Waals surface area contributed by atoms with Gasteiger partial charge in [0.05, 0.1) is 6.26 Å². The standard InChI is InChI=1S/C15H24O3/c1-2-3-4-5-6-7-8-9-10-14-15(17)13(16)11-12-18-14/h11-12,17H,2-10H2,1H3. The molecule has 0 spiro atoms. The molecular weight excluding hydrogens is 228 g/mol. The van der Waals surface area contributed by atoms with E-state index in [4.69, 9.17) is 4.42 Å². The van der Waals surface area contributed by atoms with Crippen molar-refractivity contribution < 1.29 is 9.52 Å². The first-order valence-corrected chi connectivity index (χ1v) is 7.05. The van der Waals surface area contributed by atoms with Crippen LogP contribution in [0.5, 0.6) is 5.75 Å². The molecule has 0 fully saturated rings. The van der Waals surface area contributed by atoms with Gasteiger partial charge in [0.15, 0.2) is 0 Å². The van der Waals surface area contributed by atoms with Crippen LogP contribution in [0.3, 0.4) is 0 Å². The van der Waals surface area contributed by atoms with E-state index in [1.807, 2.05) is 0 Å². The van der Waals surface area contributed by atoms with Gasteiger partial charge in [-0.2, -0.15) is 0 Å². The van der Waals surface area contributed by atoms with E-state index in [1.54, 1.807) is 0 Å². The van der Waals surface area contributed by atoms with E-state index in [1.165, 1.54) is 50.9 Å². The molecule has 0 aliphatic heterocycles. The highest BCUT2D eigenvalue weighted by Gasteiger charge is 2.06. The molecule has 0 saturated heterocycles. The summed E-state index contributed by atoms with van der Waals surface area (Å²) in [6, 6.07) is 1.24. The maximum atomic E-state index is 11.2. The number of hydrogen-bond acceptors (Lipinski definition) is 3. The van der Waals surface area contributed by atoms with Crippen LogP contribution >= 0.6 is 0 Å². The molecule has 0 atom stereocenters. The van der Waals surface area contributed by atoms with Gasteiger partial charge in [-0.3, -0.25) is 4.79 Å². The second kappa shape index (κ2) is 8.78. The molecular formula is C15H24O3. The summed E-state index contributed by atoms with van der Waals surface area (Å²) in [5, 5.41) is 9.49. The van der Waals surface area contributed by atoms with Crippen molar-refractivity contribution in [3.63, 3.8) is 0 Å². The van der Waals surface area contributed by atoms with Crippen molar-refractivity contribution in [1.29, 1.82) is 0 Å². The summed E-state index contributed by atoms with van der Waals surface area (Å²) in [6.45, 7) is 2.22. The van der Waals surface area contributed by atoms with Crippen molar-refractivity contribution in [3.8, 4) is 5.75 Å². The van der Waals surface area contributed by atoms with Gasteiger partial charge in [-0.05, 0) is 6.42 Å². The third-order valence-electron chi connectivity index (χ3n) is 3.18. The van der Waals surface area contributed by atoms with Crippen molar-refractivity contribution in [2.75, 3.05) is 0 Å². The third kappa shape index (κ3) is 5.39. The number of rotatable bonds is 9. The molecule has 18 heavy (non-hydrogen) atoms. The Labute approximate surface area is 109 Å². The van der Waals surface area contributed by atoms with Crippen molar-refractivity contribution in [3.05, 3.63) is 28.3 Å². The fraction of sp³-hybridized carbons (Fsp3) is 0.667. The maximum Gasteiger partial charge on any atom is 0.226 e. The molecule has 3 heteroatoms. The quantitative estimate of drug-likeness (QED) is 0.675. The lowest BCUT2D eigenvalue weighted by molar-refractivity contribution is 0.394. The van der Waals surface area contributed by atoms with Crippen LogP contribution in [0.1, 0.15) is 64.1 Å². The summed E-state index contributed by atoms with van der Waals surface area (Å²) < 4.78 is 5.15. The smallest absolute Gasteiger partial charge is 0.226 e.